The fourth-order valence-electron chi connectivity index (χ4n) is 3.76. The SMILES string of the molecule is O=S(=O)(c1cccc2cccnc12)N1CCC(n2cc(-c3ccccc3)nn2)C1. The third kappa shape index (κ3) is 3.20. The lowest BCUT2D eigenvalue weighted by Gasteiger charge is -2.17. The van der Waals surface area contributed by atoms with Gasteiger partial charge in [-0.15, -0.1) is 5.10 Å². The van der Waals surface area contributed by atoms with Crippen LogP contribution in [0.3, 0.4) is 0 Å². The van der Waals surface area contributed by atoms with Crippen LogP contribution in [0.1, 0.15) is 12.5 Å². The fourth-order valence-corrected chi connectivity index (χ4v) is 5.42. The van der Waals surface area contributed by atoms with Crippen LogP contribution in [0.5, 0.6) is 0 Å². The van der Waals surface area contributed by atoms with E-state index in [0.29, 0.717) is 25.0 Å². The van der Waals surface area contributed by atoms with E-state index in [2.05, 4.69) is 15.3 Å². The highest BCUT2D eigenvalue weighted by atomic mass is 32.2. The van der Waals surface area contributed by atoms with Gasteiger partial charge in [-0.2, -0.15) is 4.31 Å². The molecule has 0 spiro atoms. The number of rotatable bonds is 4. The molecular formula is C21H19N5O2S. The molecule has 146 valence electrons. The van der Waals surface area contributed by atoms with Crippen LogP contribution in [0.4, 0.5) is 0 Å². The van der Waals surface area contributed by atoms with E-state index in [4.69, 9.17) is 0 Å². The van der Waals surface area contributed by atoms with Crippen LogP contribution in [-0.2, 0) is 10.0 Å². The largest absolute Gasteiger partial charge is 0.255 e. The second-order valence-electron chi connectivity index (χ2n) is 7.09. The summed E-state index contributed by atoms with van der Waals surface area (Å²) < 4.78 is 29.9. The van der Waals surface area contributed by atoms with Crippen molar-refractivity contribution in [3.8, 4) is 11.3 Å². The van der Waals surface area contributed by atoms with Gasteiger partial charge in [-0.05, 0) is 18.6 Å². The van der Waals surface area contributed by atoms with Gasteiger partial charge in [-0.3, -0.25) is 4.98 Å². The van der Waals surface area contributed by atoms with Gasteiger partial charge < -0.3 is 0 Å². The van der Waals surface area contributed by atoms with Gasteiger partial charge in [0.2, 0.25) is 10.0 Å². The molecule has 0 aliphatic carbocycles. The third-order valence-electron chi connectivity index (χ3n) is 5.29. The van der Waals surface area contributed by atoms with Crippen LogP contribution >= 0.6 is 0 Å². The monoisotopic (exact) mass is 405 g/mol. The summed E-state index contributed by atoms with van der Waals surface area (Å²) in [6.45, 7) is 0.805. The minimum absolute atomic E-state index is 0.0438. The van der Waals surface area contributed by atoms with E-state index < -0.39 is 10.0 Å². The molecule has 0 bridgehead atoms. The number of nitrogens with zero attached hydrogens (tertiary/aromatic N) is 5. The summed E-state index contributed by atoms with van der Waals surface area (Å²) in [4.78, 5) is 4.55. The molecule has 1 unspecified atom stereocenters. The molecule has 1 saturated heterocycles. The lowest BCUT2D eigenvalue weighted by molar-refractivity contribution is 0.428. The molecule has 0 radical (unpaired) electrons. The van der Waals surface area contributed by atoms with Gasteiger partial charge in [0.25, 0.3) is 0 Å². The number of fused-ring (bicyclic) bond motifs is 1. The van der Waals surface area contributed by atoms with E-state index in [1.54, 1.807) is 29.1 Å². The van der Waals surface area contributed by atoms with Crippen molar-refractivity contribution in [2.24, 2.45) is 0 Å². The second kappa shape index (κ2) is 7.06. The molecule has 5 rings (SSSR count). The summed E-state index contributed by atoms with van der Waals surface area (Å²) in [5.41, 5.74) is 2.28. The minimum atomic E-state index is -3.64. The molecule has 7 nitrogen and oxygen atoms in total. The number of aromatic nitrogens is 4. The Morgan fingerprint density at radius 3 is 2.66 bits per heavy atom. The molecule has 0 N–H and O–H groups in total. The Hall–Kier alpha value is -3.10. The molecule has 29 heavy (non-hydrogen) atoms. The van der Waals surface area contributed by atoms with Crippen molar-refractivity contribution in [3.63, 3.8) is 0 Å². The maximum absolute atomic E-state index is 13.3. The molecule has 1 aliphatic rings. The van der Waals surface area contributed by atoms with Crippen LogP contribution in [0.25, 0.3) is 22.2 Å². The molecule has 2 aromatic carbocycles. The van der Waals surface area contributed by atoms with Crippen molar-refractivity contribution in [1.29, 1.82) is 0 Å². The van der Waals surface area contributed by atoms with Gasteiger partial charge in [0.05, 0.1) is 17.8 Å². The molecule has 4 aromatic rings. The Kier molecular flexibility index (Phi) is 4.37. The lowest BCUT2D eigenvalue weighted by Crippen LogP contribution is -2.29. The summed E-state index contributed by atoms with van der Waals surface area (Å²) in [6.07, 6.45) is 4.19. The van der Waals surface area contributed by atoms with Crippen LogP contribution in [-0.4, -0.2) is 45.8 Å². The zero-order valence-electron chi connectivity index (χ0n) is 15.6. The Labute approximate surface area is 168 Å². The van der Waals surface area contributed by atoms with Crippen molar-refractivity contribution in [2.75, 3.05) is 13.1 Å². The van der Waals surface area contributed by atoms with Gasteiger partial charge in [0.1, 0.15) is 10.6 Å². The Morgan fingerprint density at radius 1 is 0.966 bits per heavy atom. The van der Waals surface area contributed by atoms with Crippen LogP contribution < -0.4 is 0 Å². The van der Waals surface area contributed by atoms with Gasteiger partial charge in [0.15, 0.2) is 0 Å². The first kappa shape index (κ1) is 18.0. The second-order valence-corrected chi connectivity index (χ2v) is 8.99. The minimum Gasteiger partial charge on any atom is -0.255 e. The topological polar surface area (TPSA) is 81.0 Å². The summed E-state index contributed by atoms with van der Waals surface area (Å²) in [5.74, 6) is 0. The average molecular weight is 405 g/mol. The molecule has 1 fully saturated rings. The number of benzene rings is 2. The first-order chi connectivity index (χ1) is 14.1. The summed E-state index contributed by atoms with van der Waals surface area (Å²) >= 11 is 0. The highest BCUT2D eigenvalue weighted by Gasteiger charge is 2.35. The standard InChI is InChI=1S/C21H19N5O2S/c27-29(28,20-10-4-8-17-9-5-12-22-21(17)20)25-13-11-18(14-25)26-15-19(23-24-26)16-6-2-1-3-7-16/h1-10,12,15,18H,11,13-14H2. The van der Waals surface area contributed by atoms with Crippen molar-refractivity contribution in [3.05, 3.63) is 73.1 Å². The van der Waals surface area contributed by atoms with Crippen molar-refractivity contribution in [2.45, 2.75) is 17.4 Å². The lowest BCUT2D eigenvalue weighted by atomic mass is 10.2. The van der Waals surface area contributed by atoms with Gasteiger partial charge in [-0.1, -0.05) is 53.7 Å². The van der Waals surface area contributed by atoms with E-state index in [9.17, 15) is 8.42 Å². The molecule has 0 amide bonds. The summed E-state index contributed by atoms with van der Waals surface area (Å²) in [5, 5.41) is 9.31. The van der Waals surface area contributed by atoms with Gasteiger partial charge >= 0.3 is 0 Å². The Balaban J connectivity index is 1.41. The zero-order valence-corrected chi connectivity index (χ0v) is 16.4. The Bertz CT molecular complexity index is 1270. The van der Waals surface area contributed by atoms with E-state index in [0.717, 1.165) is 16.6 Å². The van der Waals surface area contributed by atoms with Gasteiger partial charge in [-0.25, -0.2) is 13.1 Å². The number of hydrogen-bond acceptors (Lipinski definition) is 5. The van der Waals surface area contributed by atoms with E-state index in [1.807, 2.05) is 48.7 Å². The molecule has 3 heterocycles. The smallest absolute Gasteiger partial charge is 0.245 e. The molecular weight excluding hydrogens is 386 g/mol. The molecule has 1 aliphatic heterocycles. The molecule has 8 heteroatoms. The highest BCUT2D eigenvalue weighted by molar-refractivity contribution is 7.89. The van der Waals surface area contributed by atoms with Crippen LogP contribution in [0.15, 0.2) is 78.0 Å². The third-order valence-corrected chi connectivity index (χ3v) is 7.19. The van der Waals surface area contributed by atoms with Crippen molar-refractivity contribution >= 4 is 20.9 Å². The summed E-state index contributed by atoms with van der Waals surface area (Å²) in [7, 11) is -3.64. The maximum Gasteiger partial charge on any atom is 0.245 e. The van der Waals surface area contributed by atoms with Crippen LogP contribution in [0, 0.1) is 0 Å². The average Bonchev–Trinajstić information content (AvgIpc) is 3.44. The van der Waals surface area contributed by atoms with E-state index >= 15 is 0 Å². The predicted molar refractivity (Wildman–Crippen MR) is 110 cm³/mol. The quantitative estimate of drug-likeness (QED) is 0.521. The number of pyridine rings is 1. The number of sulfonamides is 1. The first-order valence-corrected chi connectivity index (χ1v) is 10.9. The fraction of sp³-hybridized carbons (Fsp3) is 0.190. The summed E-state index contributed by atoms with van der Waals surface area (Å²) in [6, 6.07) is 18.7. The van der Waals surface area contributed by atoms with E-state index in [-0.39, 0.29) is 10.9 Å². The maximum atomic E-state index is 13.3. The first-order valence-electron chi connectivity index (χ1n) is 9.44. The van der Waals surface area contributed by atoms with Crippen LogP contribution in [0.2, 0.25) is 0 Å². The molecule has 2 aromatic heterocycles. The highest BCUT2D eigenvalue weighted by Crippen LogP contribution is 2.30. The predicted octanol–water partition coefficient (Wildman–Crippen LogP) is 3.13. The van der Waals surface area contributed by atoms with Crippen molar-refractivity contribution < 1.29 is 8.42 Å². The van der Waals surface area contributed by atoms with Crippen molar-refractivity contribution in [1.82, 2.24) is 24.3 Å². The normalized spacial score (nSPS) is 17.7. The molecule has 1 atom stereocenters. The zero-order chi connectivity index (χ0) is 19.8. The number of para-hydroxylation sites is 1. The Morgan fingerprint density at radius 2 is 1.79 bits per heavy atom. The molecule has 0 saturated carbocycles. The van der Waals surface area contributed by atoms with Gasteiger partial charge in [0, 0.05) is 30.2 Å². The number of hydrogen-bond donors (Lipinski definition) is 0. The van der Waals surface area contributed by atoms with E-state index in [1.165, 1.54) is 4.31 Å².